The van der Waals surface area contributed by atoms with E-state index in [0.717, 1.165) is 6.08 Å². The van der Waals surface area contributed by atoms with Gasteiger partial charge in [-0.25, -0.2) is 13.1 Å². The van der Waals surface area contributed by atoms with Gasteiger partial charge in [0, 0.05) is 12.1 Å². The normalized spacial score (nSPS) is 11.5. The Kier molecular flexibility index (Phi) is 5.46. The number of carbonyl (C=O) groups excluding carboxylic acids is 1. The second-order valence-electron chi connectivity index (χ2n) is 4.64. The summed E-state index contributed by atoms with van der Waals surface area (Å²) in [7, 11) is -1.56. The maximum atomic E-state index is 12.4. The molecule has 0 saturated heterocycles. The van der Waals surface area contributed by atoms with Crippen LogP contribution >= 0.6 is 0 Å². The van der Waals surface area contributed by atoms with E-state index in [1.807, 2.05) is 4.72 Å². The van der Waals surface area contributed by atoms with Gasteiger partial charge in [-0.05, 0) is 24.3 Å². The fraction of sp³-hybridized carbons (Fsp3) is 0.125. The van der Waals surface area contributed by atoms with Gasteiger partial charge in [-0.15, -0.1) is 0 Å². The number of sulfonamides is 1. The second kappa shape index (κ2) is 7.55. The summed E-state index contributed by atoms with van der Waals surface area (Å²) >= 11 is 0. The van der Waals surface area contributed by atoms with E-state index >= 15 is 0 Å². The lowest BCUT2D eigenvalue weighted by Gasteiger charge is -2.11. The highest BCUT2D eigenvalue weighted by molar-refractivity contribution is 7.90. The lowest BCUT2D eigenvalue weighted by molar-refractivity contribution is -0.115. The van der Waals surface area contributed by atoms with Crippen LogP contribution in [0.3, 0.4) is 0 Å². The zero-order chi connectivity index (χ0) is 18.4. The van der Waals surface area contributed by atoms with Crippen molar-refractivity contribution in [2.45, 2.75) is 4.90 Å². The van der Waals surface area contributed by atoms with Crippen molar-refractivity contribution < 1.29 is 27.1 Å². The van der Waals surface area contributed by atoms with Crippen molar-refractivity contribution >= 4 is 22.0 Å². The van der Waals surface area contributed by atoms with Gasteiger partial charge in [-0.1, -0.05) is 0 Å². The van der Waals surface area contributed by atoms with Gasteiger partial charge in [0.05, 0.1) is 20.5 Å². The Labute approximate surface area is 144 Å². The number of nitriles is 1. The number of hydrogen-bond acceptors (Lipinski definition) is 7. The summed E-state index contributed by atoms with van der Waals surface area (Å²) in [6.45, 7) is 0. The summed E-state index contributed by atoms with van der Waals surface area (Å²) in [6, 6.07) is 8.72. The van der Waals surface area contributed by atoms with E-state index in [-0.39, 0.29) is 16.4 Å². The molecule has 1 aromatic heterocycles. The SMILES string of the molecule is COc1ccc(S(=O)(=O)NC(=O)C(C#N)=Cc2ccco2)c(OC)c1. The molecule has 0 bridgehead atoms. The van der Waals surface area contributed by atoms with Gasteiger partial charge in [0.25, 0.3) is 15.9 Å². The van der Waals surface area contributed by atoms with E-state index in [2.05, 4.69) is 0 Å². The molecule has 0 aliphatic rings. The maximum Gasteiger partial charge on any atom is 0.275 e. The van der Waals surface area contributed by atoms with Gasteiger partial charge in [0.15, 0.2) is 0 Å². The summed E-state index contributed by atoms with van der Waals surface area (Å²) in [5.41, 5.74) is -0.425. The van der Waals surface area contributed by atoms with Crippen LogP contribution in [0, 0.1) is 11.3 Å². The number of rotatable bonds is 6. The van der Waals surface area contributed by atoms with E-state index < -0.39 is 21.5 Å². The molecule has 0 saturated carbocycles. The molecule has 8 nitrogen and oxygen atoms in total. The maximum absolute atomic E-state index is 12.4. The number of nitrogens with zero attached hydrogens (tertiary/aromatic N) is 1. The Bertz CT molecular complexity index is 939. The van der Waals surface area contributed by atoms with Crippen LogP contribution in [0.1, 0.15) is 5.76 Å². The van der Waals surface area contributed by atoms with Crippen LogP contribution in [0.2, 0.25) is 0 Å². The summed E-state index contributed by atoms with van der Waals surface area (Å²) in [4.78, 5) is 11.9. The average molecular weight is 362 g/mol. The topological polar surface area (TPSA) is 119 Å². The largest absolute Gasteiger partial charge is 0.497 e. The number of nitrogens with one attached hydrogen (secondary N) is 1. The first-order valence-corrected chi connectivity index (χ1v) is 8.34. The number of benzene rings is 1. The molecule has 1 aromatic carbocycles. The highest BCUT2D eigenvalue weighted by Crippen LogP contribution is 2.28. The fourth-order valence-electron chi connectivity index (χ4n) is 1.89. The first kappa shape index (κ1) is 18.1. The van der Waals surface area contributed by atoms with Gasteiger partial charge in [0.1, 0.15) is 33.8 Å². The quantitative estimate of drug-likeness (QED) is 0.614. The molecule has 1 heterocycles. The van der Waals surface area contributed by atoms with Crippen molar-refractivity contribution in [1.82, 2.24) is 4.72 Å². The fourth-order valence-corrected chi connectivity index (χ4v) is 3.01. The molecule has 0 aliphatic heterocycles. The molecule has 1 amide bonds. The monoisotopic (exact) mass is 362 g/mol. The number of hydrogen-bond donors (Lipinski definition) is 1. The molecule has 0 aliphatic carbocycles. The molecule has 9 heteroatoms. The van der Waals surface area contributed by atoms with E-state index in [9.17, 15) is 13.2 Å². The summed E-state index contributed by atoms with van der Waals surface area (Å²) in [6.07, 6.45) is 2.49. The van der Waals surface area contributed by atoms with Crippen molar-refractivity contribution in [3.63, 3.8) is 0 Å². The summed E-state index contributed by atoms with van der Waals surface area (Å²) in [5.74, 6) is -0.464. The van der Waals surface area contributed by atoms with Crippen LogP contribution in [0.5, 0.6) is 11.5 Å². The Balaban J connectivity index is 2.32. The molecular formula is C16H14N2O6S. The predicted molar refractivity (Wildman–Crippen MR) is 87.2 cm³/mol. The molecule has 2 aromatic rings. The third kappa shape index (κ3) is 4.19. The van der Waals surface area contributed by atoms with Crippen LogP contribution in [-0.4, -0.2) is 28.5 Å². The standard InChI is InChI=1S/C16H14N2O6S/c1-22-12-5-6-15(14(9-12)23-2)25(20,21)18-16(19)11(10-17)8-13-4-3-7-24-13/h3-9H,1-2H3,(H,18,19). The molecule has 0 fully saturated rings. The number of ether oxygens (including phenoxy) is 2. The van der Waals surface area contributed by atoms with Crippen molar-refractivity contribution in [2.24, 2.45) is 0 Å². The second-order valence-corrected chi connectivity index (χ2v) is 6.29. The number of amides is 1. The van der Waals surface area contributed by atoms with Gasteiger partial charge in [-0.3, -0.25) is 4.79 Å². The predicted octanol–water partition coefficient (Wildman–Crippen LogP) is 1.71. The van der Waals surface area contributed by atoms with Crippen LogP contribution < -0.4 is 14.2 Å². The van der Waals surface area contributed by atoms with E-state index in [1.165, 1.54) is 44.7 Å². The van der Waals surface area contributed by atoms with Gasteiger partial charge in [0.2, 0.25) is 0 Å². The Hall–Kier alpha value is -3.25. The molecular weight excluding hydrogens is 348 g/mol. The molecule has 0 atom stereocenters. The molecule has 25 heavy (non-hydrogen) atoms. The van der Waals surface area contributed by atoms with Gasteiger partial charge < -0.3 is 13.9 Å². The van der Waals surface area contributed by atoms with Crippen LogP contribution in [0.25, 0.3) is 6.08 Å². The van der Waals surface area contributed by atoms with E-state index in [4.69, 9.17) is 19.2 Å². The molecule has 2 rings (SSSR count). The smallest absolute Gasteiger partial charge is 0.275 e. The Morgan fingerprint density at radius 2 is 2.04 bits per heavy atom. The van der Waals surface area contributed by atoms with Gasteiger partial charge in [-0.2, -0.15) is 5.26 Å². The Morgan fingerprint density at radius 3 is 2.60 bits per heavy atom. The number of furan rings is 1. The van der Waals surface area contributed by atoms with Crippen LogP contribution in [0.15, 0.2) is 51.5 Å². The highest BCUT2D eigenvalue weighted by Gasteiger charge is 2.24. The minimum atomic E-state index is -4.26. The first-order valence-electron chi connectivity index (χ1n) is 6.85. The van der Waals surface area contributed by atoms with E-state index in [1.54, 1.807) is 12.1 Å². The van der Waals surface area contributed by atoms with Crippen molar-refractivity contribution in [2.75, 3.05) is 14.2 Å². The molecule has 0 unspecified atom stereocenters. The van der Waals surface area contributed by atoms with Crippen molar-refractivity contribution in [1.29, 1.82) is 5.26 Å². The van der Waals surface area contributed by atoms with Gasteiger partial charge >= 0.3 is 0 Å². The molecule has 0 spiro atoms. The average Bonchev–Trinajstić information content (AvgIpc) is 3.11. The number of methoxy groups -OCH3 is 2. The minimum Gasteiger partial charge on any atom is -0.497 e. The minimum absolute atomic E-state index is 0.00632. The summed E-state index contributed by atoms with van der Waals surface area (Å²) < 4.78 is 41.7. The third-order valence-electron chi connectivity index (χ3n) is 3.08. The van der Waals surface area contributed by atoms with Crippen LogP contribution in [0.4, 0.5) is 0 Å². The van der Waals surface area contributed by atoms with E-state index in [0.29, 0.717) is 5.75 Å². The Morgan fingerprint density at radius 1 is 1.28 bits per heavy atom. The molecule has 130 valence electrons. The molecule has 1 N–H and O–H groups in total. The zero-order valence-corrected chi connectivity index (χ0v) is 14.2. The van der Waals surface area contributed by atoms with Crippen LogP contribution in [-0.2, 0) is 14.8 Å². The zero-order valence-electron chi connectivity index (χ0n) is 13.3. The highest BCUT2D eigenvalue weighted by atomic mass is 32.2. The molecule has 0 radical (unpaired) electrons. The summed E-state index contributed by atoms with van der Waals surface area (Å²) in [5, 5.41) is 9.07. The van der Waals surface area contributed by atoms with Crippen molar-refractivity contribution in [3.05, 3.63) is 47.9 Å². The lowest BCUT2D eigenvalue weighted by Crippen LogP contribution is -2.31. The first-order chi connectivity index (χ1) is 11.9. The van der Waals surface area contributed by atoms with Crippen molar-refractivity contribution in [3.8, 4) is 17.6 Å². The lowest BCUT2D eigenvalue weighted by atomic mass is 10.2. The number of carbonyl (C=O) groups is 1. The third-order valence-corrected chi connectivity index (χ3v) is 4.45.